The molecule has 0 aromatic carbocycles. The van der Waals surface area contributed by atoms with Crippen LogP contribution in [0.5, 0.6) is 0 Å². The van der Waals surface area contributed by atoms with Crippen molar-refractivity contribution in [1.29, 1.82) is 0 Å². The number of hydrogen-bond acceptors (Lipinski definition) is 2. The molecule has 0 aromatic heterocycles. The van der Waals surface area contributed by atoms with E-state index in [1.165, 1.54) is 0 Å². The van der Waals surface area contributed by atoms with E-state index in [1.807, 2.05) is 0 Å². The molecule has 6 heteroatoms. The van der Waals surface area contributed by atoms with E-state index in [0.717, 1.165) is 0 Å². The van der Waals surface area contributed by atoms with Crippen LogP contribution in [0.25, 0.3) is 0 Å². The van der Waals surface area contributed by atoms with Gasteiger partial charge in [0.1, 0.15) is 0 Å². The molecule has 0 aromatic rings. The van der Waals surface area contributed by atoms with Crippen molar-refractivity contribution in [3.63, 3.8) is 0 Å². The van der Waals surface area contributed by atoms with Crippen molar-refractivity contribution in [3.05, 3.63) is 0 Å². The predicted molar refractivity (Wildman–Crippen MR) is 40.2 cm³/mol. The summed E-state index contributed by atoms with van der Waals surface area (Å²) in [4.78, 5) is 0. The molecule has 0 aliphatic rings. The SMILES string of the molecule is CC(CCl)NCCOC(F)(F)F. The Morgan fingerprint density at radius 1 is 1.50 bits per heavy atom. The number of halogens is 4. The van der Waals surface area contributed by atoms with Gasteiger partial charge in [-0.2, -0.15) is 0 Å². The van der Waals surface area contributed by atoms with E-state index < -0.39 is 6.36 Å². The molecule has 0 heterocycles. The van der Waals surface area contributed by atoms with Crippen molar-refractivity contribution in [2.24, 2.45) is 0 Å². The lowest BCUT2D eigenvalue weighted by Gasteiger charge is -2.11. The minimum absolute atomic E-state index is 0.00324. The van der Waals surface area contributed by atoms with Crippen molar-refractivity contribution in [3.8, 4) is 0 Å². The fourth-order valence-corrected chi connectivity index (χ4v) is 0.636. The molecule has 74 valence electrons. The Kier molecular flexibility index (Phi) is 5.61. The van der Waals surface area contributed by atoms with E-state index in [4.69, 9.17) is 11.6 Å². The summed E-state index contributed by atoms with van der Waals surface area (Å²) in [5.41, 5.74) is 0. The first-order valence-electron chi connectivity index (χ1n) is 3.45. The first kappa shape index (κ1) is 12.0. The molecule has 0 amide bonds. The first-order valence-corrected chi connectivity index (χ1v) is 3.99. The Balaban J connectivity index is 3.22. The van der Waals surface area contributed by atoms with Crippen LogP contribution in [0.4, 0.5) is 13.2 Å². The lowest BCUT2D eigenvalue weighted by Crippen LogP contribution is -2.32. The third-order valence-electron chi connectivity index (χ3n) is 1.09. The minimum atomic E-state index is -4.54. The van der Waals surface area contributed by atoms with Crippen LogP contribution >= 0.6 is 11.6 Å². The topological polar surface area (TPSA) is 21.3 Å². The van der Waals surface area contributed by atoms with Gasteiger partial charge < -0.3 is 5.32 Å². The highest BCUT2D eigenvalue weighted by Gasteiger charge is 2.28. The number of ether oxygens (including phenoxy) is 1. The van der Waals surface area contributed by atoms with Gasteiger partial charge in [0.05, 0.1) is 6.61 Å². The van der Waals surface area contributed by atoms with Gasteiger partial charge in [-0.3, -0.25) is 4.74 Å². The van der Waals surface area contributed by atoms with Gasteiger partial charge in [0.2, 0.25) is 0 Å². The predicted octanol–water partition coefficient (Wildman–Crippen LogP) is 1.74. The third-order valence-corrected chi connectivity index (χ3v) is 1.55. The van der Waals surface area contributed by atoms with Crippen molar-refractivity contribution < 1.29 is 17.9 Å². The van der Waals surface area contributed by atoms with Gasteiger partial charge in [0, 0.05) is 18.5 Å². The quantitative estimate of drug-likeness (QED) is 0.545. The normalized spacial score (nSPS) is 14.8. The molecule has 0 aliphatic heterocycles. The molecule has 0 bridgehead atoms. The van der Waals surface area contributed by atoms with Crippen LogP contribution < -0.4 is 5.32 Å². The summed E-state index contributed by atoms with van der Waals surface area (Å²) in [6.07, 6.45) is -4.54. The molecule has 0 radical (unpaired) electrons. The Morgan fingerprint density at radius 2 is 2.08 bits per heavy atom. The third kappa shape index (κ3) is 8.10. The lowest BCUT2D eigenvalue weighted by atomic mass is 10.4. The van der Waals surface area contributed by atoms with Gasteiger partial charge in [0.15, 0.2) is 0 Å². The van der Waals surface area contributed by atoms with Crippen molar-refractivity contribution >= 4 is 11.6 Å². The molecule has 0 spiro atoms. The molecule has 1 unspecified atom stereocenters. The van der Waals surface area contributed by atoms with Crippen LogP contribution in [0.1, 0.15) is 6.92 Å². The van der Waals surface area contributed by atoms with Crippen molar-refractivity contribution in [1.82, 2.24) is 5.32 Å². The number of nitrogens with one attached hydrogen (secondary N) is 1. The minimum Gasteiger partial charge on any atom is -0.311 e. The highest BCUT2D eigenvalue weighted by atomic mass is 35.5. The number of alkyl halides is 4. The maximum Gasteiger partial charge on any atom is 0.522 e. The molecule has 1 N–H and O–H groups in total. The molecule has 0 fully saturated rings. The largest absolute Gasteiger partial charge is 0.522 e. The maximum absolute atomic E-state index is 11.4. The molecule has 0 rings (SSSR count). The average molecular weight is 206 g/mol. The smallest absolute Gasteiger partial charge is 0.311 e. The van der Waals surface area contributed by atoms with E-state index in [1.54, 1.807) is 6.92 Å². The molecular weight excluding hydrogens is 195 g/mol. The standard InChI is InChI=1S/C6H11ClF3NO/c1-5(4-7)11-2-3-12-6(8,9)10/h5,11H,2-4H2,1H3. The van der Waals surface area contributed by atoms with Gasteiger partial charge in [-0.25, -0.2) is 0 Å². The first-order chi connectivity index (χ1) is 5.45. The zero-order valence-electron chi connectivity index (χ0n) is 6.62. The van der Waals surface area contributed by atoms with Crippen LogP contribution in [0.15, 0.2) is 0 Å². The second-order valence-electron chi connectivity index (χ2n) is 2.30. The van der Waals surface area contributed by atoms with Crippen LogP contribution in [0, 0.1) is 0 Å². The Hall–Kier alpha value is -0.0000000000000000555. The highest BCUT2D eigenvalue weighted by molar-refractivity contribution is 6.18. The number of hydrogen-bond donors (Lipinski definition) is 1. The van der Waals surface area contributed by atoms with E-state index in [9.17, 15) is 13.2 Å². The summed E-state index contributed by atoms with van der Waals surface area (Å²) in [6, 6.07) is 0.00324. The van der Waals surface area contributed by atoms with E-state index in [-0.39, 0.29) is 19.2 Å². The number of rotatable bonds is 5. The van der Waals surface area contributed by atoms with Gasteiger partial charge in [-0.15, -0.1) is 24.8 Å². The van der Waals surface area contributed by atoms with Gasteiger partial charge in [-0.05, 0) is 6.92 Å². The Bertz CT molecular complexity index is 120. The molecule has 0 aliphatic carbocycles. The summed E-state index contributed by atoms with van der Waals surface area (Å²) in [5.74, 6) is 0.367. The van der Waals surface area contributed by atoms with E-state index in [2.05, 4.69) is 10.1 Å². The van der Waals surface area contributed by atoms with Crippen molar-refractivity contribution in [2.75, 3.05) is 19.0 Å². The summed E-state index contributed by atoms with van der Waals surface area (Å²) in [6.45, 7) is 1.54. The molecule has 1 atom stereocenters. The van der Waals surface area contributed by atoms with Crippen LogP contribution in [-0.2, 0) is 4.74 Å². The monoisotopic (exact) mass is 205 g/mol. The zero-order valence-corrected chi connectivity index (χ0v) is 7.37. The van der Waals surface area contributed by atoms with Gasteiger partial charge >= 0.3 is 6.36 Å². The Labute approximate surface area is 74.0 Å². The fraction of sp³-hybridized carbons (Fsp3) is 1.00. The van der Waals surface area contributed by atoms with E-state index >= 15 is 0 Å². The van der Waals surface area contributed by atoms with Gasteiger partial charge in [0.25, 0.3) is 0 Å². The molecule has 2 nitrogen and oxygen atoms in total. The summed E-state index contributed by atoms with van der Waals surface area (Å²) in [7, 11) is 0. The molecule has 0 saturated heterocycles. The zero-order chi connectivity index (χ0) is 9.61. The summed E-state index contributed by atoms with van der Waals surface area (Å²) in [5, 5.41) is 2.75. The van der Waals surface area contributed by atoms with Crippen LogP contribution in [-0.4, -0.2) is 31.4 Å². The molecular formula is C6H11ClF3NO. The molecule has 0 saturated carbocycles. The lowest BCUT2D eigenvalue weighted by molar-refractivity contribution is -0.323. The fourth-order valence-electron chi connectivity index (χ4n) is 0.527. The average Bonchev–Trinajstić information content (AvgIpc) is 1.96. The van der Waals surface area contributed by atoms with Crippen molar-refractivity contribution in [2.45, 2.75) is 19.3 Å². The maximum atomic E-state index is 11.4. The van der Waals surface area contributed by atoms with Gasteiger partial charge in [-0.1, -0.05) is 0 Å². The summed E-state index contributed by atoms with van der Waals surface area (Å²) < 4.78 is 37.7. The highest BCUT2D eigenvalue weighted by Crippen LogP contribution is 2.15. The summed E-state index contributed by atoms with van der Waals surface area (Å²) >= 11 is 5.40. The molecule has 12 heavy (non-hydrogen) atoms. The second kappa shape index (κ2) is 5.61. The Morgan fingerprint density at radius 3 is 2.50 bits per heavy atom. The van der Waals surface area contributed by atoms with Crippen LogP contribution in [0.2, 0.25) is 0 Å². The second-order valence-corrected chi connectivity index (χ2v) is 2.61. The van der Waals surface area contributed by atoms with E-state index in [0.29, 0.717) is 5.88 Å². The van der Waals surface area contributed by atoms with Crippen LogP contribution in [0.3, 0.4) is 0 Å².